The topological polar surface area (TPSA) is 49.7 Å². The molecule has 4 heteroatoms. The molecule has 2 N–H and O–H groups in total. The van der Waals surface area contributed by atoms with Crippen LogP contribution < -0.4 is 4.74 Å². The maximum Gasteiger partial charge on any atom is 0.121 e. The van der Waals surface area contributed by atoms with Crippen molar-refractivity contribution in [3.63, 3.8) is 0 Å². The van der Waals surface area contributed by atoms with Crippen LogP contribution in [0, 0.1) is 6.92 Å². The third-order valence-corrected chi connectivity index (χ3v) is 2.95. The van der Waals surface area contributed by atoms with Gasteiger partial charge in [-0.1, -0.05) is 22.0 Å². The number of ether oxygens (including phenoxy) is 1. The Balaban J connectivity index is 2.92. The molecule has 0 saturated carbocycles. The van der Waals surface area contributed by atoms with E-state index in [1.54, 1.807) is 19.2 Å². The lowest BCUT2D eigenvalue weighted by Crippen LogP contribution is -2.19. The summed E-state index contributed by atoms with van der Waals surface area (Å²) in [6, 6.07) is 5.35. The summed E-state index contributed by atoms with van der Waals surface area (Å²) in [7, 11) is 1.60. The number of alkyl halides is 1. The SMILES string of the molecule is COc1ccc(C(O)C(O)CBr)cc1C. The lowest BCUT2D eigenvalue weighted by molar-refractivity contribution is 0.0342. The predicted molar refractivity (Wildman–Crippen MR) is 62.5 cm³/mol. The van der Waals surface area contributed by atoms with Crippen LogP contribution in [0.25, 0.3) is 0 Å². The normalized spacial score (nSPS) is 14.7. The van der Waals surface area contributed by atoms with Crippen LogP contribution in [0.4, 0.5) is 0 Å². The lowest BCUT2D eigenvalue weighted by Gasteiger charge is -2.17. The fraction of sp³-hybridized carbons (Fsp3) is 0.455. The number of benzene rings is 1. The first-order valence-electron chi connectivity index (χ1n) is 4.66. The summed E-state index contributed by atoms with van der Waals surface area (Å²) >= 11 is 3.12. The minimum atomic E-state index is -0.867. The fourth-order valence-electron chi connectivity index (χ4n) is 1.39. The maximum atomic E-state index is 9.76. The van der Waals surface area contributed by atoms with E-state index in [4.69, 9.17) is 4.74 Å². The van der Waals surface area contributed by atoms with Gasteiger partial charge in [0, 0.05) is 5.33 Å². The van der Waals surface area contributed by atoms with E-state index in [-0.39, 0.29) is 0 Å². The second-order valence-electron chi connectivity index (χ2n) is 3.40. The first-order valence-corrected chi connectivity index (χ1v) is 5.79. The van der Waals surface area contributed by atoms with Crippen LogP contribution >= 0.6 is 15.9 Å². The van der Waals surface area contributed by atoms with Crippen LogP contribution in [0.1, 0.15) is 17.2 Å². The zero-order chi connectivity index (χ0) is 11.4. The second-order valence-corrected chi connectivity index (χ2v) is 4.04. The van der Waals surface area contributed by atoms with Gasteiger partial charge in [-0.15, -0.1) is 0 Å². The molecule has 84 valence electrons. The smallest absolute Gasteiger partial charge is 0.121 e. The van der Waals surface area contributed by atoms with E-state index in [9.17, 15) is 10.2 Å². The molecule has 0 aliphatic carbocycles. The third kappa shape index (κ3) is 2.93. The number of aryl methyl sites for hydroxylation is 1. The maximum absolute atomic E-state index is 9.76. The Labute approximate surface area is 97.8 Å². The van der Waals surface area contributed by atoms with Gasteiger partial charge in [0.1, 0.15) is 11.9 Å². The van der Waals surface area contributed by atoms with Crippen molar-refractivity contribution >= 4 is 15.9 Å². The summed E-state index contributed by atoms with van der Waals surface area (Å²) in [6.45, 7) is 1.90. The fourth-order valence-corrected chi connectivity index (χ4v) is 1.75. The quantitative estimate of drug-likeness (QED) is 0.824. The minimum Gasteiger partial charge on any atom is -0.496 e. The van der Waals surface area contributed by atoms with Crippen LogP contribution in [0.15, 0.2) is 18.2 Å². The van der Waals surface area contributed by atoms with E-state index in [0.29, 0.717) is 10.9 Å². The molecule has 2 atom stereocenters. The van der Waals surface area contributed by atoms with Gasteiger partial charge in [0.05, 0.1) is 13.2 Å². The largest absolute Gasteiger partial charge is 0.496 e. The first-order chi connectivity index (χ1) is 7.10. The number of halogens is 1. The van der Waals surface area contributed by atoms with Crippen molar-refractivity contribution in [3.05, 3.63) is 29.3 Å². The summed E-state index contributed by atoms with van der Waals surface area (Å²) in [6.07, 6.45) is -1.66. The van der Waals surface area contributed by atoms with E-state index in [0.717, 1.165) is 11.3 Å². The highest BCUT2D eigenvalue weighted by Crippen LogP contribution is 2.24. The summed E-state index contributed by atoms with van der Waals surface area (Å²) in [5, 5.41) is 19.6. The van der Waals surface area contributed by atoms with Crippen LogP contribution in [0.2, 0.25) is 0 Å². The number of hydrogen-bond donors (Lipinski definition) is 2. The van der Waals surface area contributed by atoms with Crippen molar-refractivity contribution < 1.29 is 14.9 Å². The summed E-state index contributed by atoms with van der Waals surface area (Å²) in [4.78, 5) is 0. The summed E-state index contributed by atoms with van der Waals surface area (Å²) in [5.74, 6) is 0.777. The molecule has 1 aromatic carbocycles. The molecule has 0 amide bonds. The van der Waals surface area contributed by atoms with Crippen molar-refractivity contribution in [2.75, 3.05) is 12.4 Å². The zero-order valence-electron chi connectivity index (χ0n) is 8.77. The Kier molecular flexibility index (Phi) is 4.57. The molecule has 0 spiro atoms. The van der Waals surface area contributed by atoms with E-state index < -0.39 is 12.2 Å². The Morgan fingerprint density at radius 2 is 2.07 bits per heavy atom. The predicted octanol–water partition coefficient (Wildman–Crippen LogP) is 1.79. The average Bonchev–Trinajstić information content (AvgIpc) is 2.26. The number of aliphatic hydroxyl groups is 2. The molecule has 0 aliphatic rings. The molecule has 0 aromatic heterocycles. The van der Waals surface area contributed by atoms with Gasteiger partial charge >= 0.3 is 0 Å². The molecule has 1 aromatic rings. The first kappa shape index (κ1) is 12.5. The Morgan fingerprint density at radius 1 is 1.40 bits per heavy atom. The molecule has 0 heterocycles. The van der Waals surface area contributed by atoms with Gasteiger partial charge in [0.25, 0.3) is 0 Å². The van der Waals surface area contributed by atoms with Gasteiger partial charge in [-0.3, -0.25) is 0 Å². The summed E-state index contributed by atoms with van der Waals surface area (Å²) < 4.78 is 5.11. The minimum absolute atomic E-state index is 0.346. The molecule has 0 bridgehead atoms. The van der Waals surface area contributed by atoms with E-state index >= 15 is 0 Å². The van der Waals surface area contributed by atoms with Crippen molar-refractivity contribution in [2.24, 2.45) is 0 Å². The van der Waals surface area contributed by atoms with Gasteiger partial charge in [-0.25, -0.2) is 0 Å². The standard InChI is InChI=1S/C11H15BrO3/c1-7-5-8(3-4-10(7)15-2)11(14)9(13)6-12/h3-5,9,11,13-14H,6H2,1-2H3. The molecule has 2 unspecified atom stereocenters. The summed E-state index contributed by atoms with van der Waals surface area (Å²) in [5.41, 5.74) is 1.64. The van der Waals surface area contributed by atoms with Gasteiger partial charge in [0.15, 0.2) is 0 Å². The second kappa shape index (κ2) is 5.49. The van der Waals surface area contributed by atoms with Crippen LogP contribution in [0.3, 0.4) is 0 Å². The molecule has 1 rings (SSSR count). The van der Waals surface area contributed by atoms with Gasteiger partial charge in [0.2, 0.25) is 0 Å². The number of rotatable bonds is 4. The van der Waals surface area contributed by atoms with Gasteiger partial charge in [-0.05, 0) is 30.2 Å². The van der Waals surface area contributed by atoms with E-state index in [1.165, 1.54) is 0 Å². The molecule has 15 heavy (non-hydrogen) atoms. The van der Waals surface area contributed by atoms with Crippen LogP contribution in [-0.4, -0.2) is 28.8 Å². The average molecular weight is 275 g/mol. The zero-order valence-corrected chi connectivity index (χ0v) is 10.4. The highest BCUT2D eigenvalue weighted by atomic mass is 79.9. The number of methoxy groups -OCH3 is 1. The molecule has 3 nitrogen and oxygen atoms in total. The lowest BCUT2D eigenvalue weighted by atomic mass is 10.0. The Morgan fingerprint density at radius 3 is 2.53 bits per heavy atom. The molecular formula is C11H15BrO3. The van der Waals surface area contributed by atoms with E-state index in [1.807, 2.05) is 13.0 Å². The van der Waals surface area contributed by atoms with E-state index in [2.05, 4.69) is 15.9 Å². The van der Waals surface area contributed by atoms with Crippen LogP contribution in [-0.2, 0) is 0 Å². The molecular weight excluding hydrogens is 260 g/mol. The van der Waals surface area contributed by atoms with Crippen molar-refractivity contribution in [1.29, 1.82) is 0 Å². The highest BCUT2D eigenvalue weighted by Gasteiger charge is 2.17. The number of hydrogen-bond acceptors (Lipinski definition) is 3. The molecule has 0 fully saturated rings. The highest BCUT2D eigenvalue weighted by molar-refractivity contribution is 9.09. The van der Waals surface area contributed by atoms with Crippen molar-refractivity contribution in [2.45, 2.75) is 19.1 Å². The van der Waals surface area contributed by atoms with Gasteiger partial charge < -0.3 is 14.9 Å². The number of aliphatic hydroxyl groups excluding tert-OH is 2. The molecule has 0 radical (unpaired) electrons. The Hall–Kier alpha value is -0.580. The Bertz CT molecular complexity index is 328. The molecule has 0 aliphatic heterocycles. The monoisotopic (exact) mass is 274 g/mol. The van der Waals surface area contributed by atoms with Gasteiger partial charge in [-0.2, -0.15) is 0 Å². The third-order valence-electron chi connectivity index (χ3n) is 2.28. The molecule has 0 saturated heterocycles. The van der Waals surface area contributed by atoms with Crippen molar-refractivity contribution in [3.8, 4) is 5.75 Å². The van der Waals surface area contributed by atoms with Crippen LogP contribution in [0.5, 0.6) is 5.75 Å². The van der Waals surface area contributed by atoms with Crippen molar-refractivity contribution in [1.82, 2.24) is 0 Å².